The van der Waals surface area contributed by atoms with Crippen molar-refractivity contribution < 1.29 is 20.4 Å². The smallest absolute Gasteiger partial charge is 0.158 e. The first-order chi connectivity index (χ1) is 14.4. The van der Waals surface area contributed by atoms with E-state index in [9.17, 15) is 20.4 Å². The summed E-state index contributed by atoms with van der Waals surface area (Å²) in [5.41, 5.74) is 8.11. The Morgan fingerprint density at radius 3 is 2.23 bits per heavy atom. The van der Waals surface area contributed by atoms with Crippen LogP contribution in [0.2, 0.25) is 0 Å². The van der Waals surface area contributed by atoms with Gasteiger partial charge in [-0.1, -0.05) is 43.9 Å². The van der Waals surface area contributed by atoms with Crippen LogP contribution in [0.5, 0.6) is 23.0 Å². The molecular formula is C24H30N2O4. The highest BCUT2D eigenvalue weighted by Crippen LogP contribution is 2.34. The van der Waals surface area contributed by atoms with Gasteiger partial charge in [-0.15, -0.1) is 0 Å². The number of hydrogen-bond donors (Lipinski definition) is 6. The van der Waals surface area contributed by atoms with Crippen molar-refractivity contribution in [3.05, 3.63) is 54.1 Å². The van der Waals surface area contributed by atoms with Gasteiger partial charge in [0.2, 0.25) is 0 Å². The number of nitrogens with two attached hydrogens (primary N) is 1. The molecule has 30 heavy (non-hydrogen) atoms. The molecule has 0 spiro atoms. The van der Waals surface area contributed by atoms with E-state index in [2.05, 4.69) is 5.32 Å². The third-order valence-corrected chi connectivity index (χ3v) is 5.34. The highest BCUT2D eigenvalue weighted by molar-refractivity contribution is 5.96. The molecule has 0 fully saturated rings. The average molecular weight is 411 g/mol. The fraction of sp³-hybridized carbons (Fsp3) is 0.333. The SMILES string of the molecule is NC(CCCCCCCc1ccc(O)c(O)c1)Nc1cccc2cc(O)c(O)cc12. The van der Waals surface area contributed by atoms with Gasteiger partial charge in [0.25, 0.3) is 0 Å². The van der Waals surface area contributed by atoms with Crippen LogP contribution in [0.3, 0.4) is 0 Å². The topological polar surface area (TPSA) is 119 Å². The summed E-state index contributed by atoms with van der Waals surface area (Å²) in [4.78, 5) is 0. The Balaban J connectivity index is 1.37. The molecule has 3 aromatic rings. The largest absolute Gasteiger partial charge is 0.504 e. The number of fused-ring (bicyclic) bond motifs is 1. The van der Waals surface area contributed by atoms with Crippen molar-refractivity contribution in [2.45, 2.75) is 51.1 Å². The normalized spacial score (nSPS) is 12.2. The Labute approximate surface area is 176 Å². The van der Waals surface area contributed by atoms with Crippen molar-refractivity contribution in [2.75, 3.05) is 5.32 Å². The average Bonchev–Trinajstić information content (AvgIpc) is 2.71. The summed E-state index contributed by atoms with van der Waals surface area (Å²) < 4.78 is 0. The lowest BCUT2D eigenvalue weighted by Gasteiger charge is -2.17. The van der Waals surface area contributed by atoms with E-state index in [0.29, 0.717) is 0 Å². The van der Waals surface area contributed by atoms with E-state index < -0.39 is 0 Å². The molecule has 1 atom stereocenters. The van der Waals surface area contributed by atoms with Crippen LogP contribution in [0.1, 0.15) is 44.1 Å². The second kappa shape index (κ2) is 10.1. The van der Waals surface area contributed by atoms with Gasteiger partial charge >= 0.3 is 0 Å². The third kappa shape index (κ3) is 5.70. The number of hydrogen-bond acceptors (Lipinski definition) is 6. The quantitative estimate of drug-likeness (QED) is 0.160. The van der Waals surface area contributed by atoms with E-state index in [1.165, 1.54) is 6.07 Å². The van der Waals surface area contributed by atoms with Crippen LogP contribution in [0.4, 0.5) is 5.69 Å². The Hall–Kier alpha value is -3.12. The first kappa shape index (κ1) is 21.6. The van der Waals surface area contributed by atoms with E-state index in [-0.39, 0.29) is 29.2 Å². The number of rotatable bonds is 10. The predicted octanol–water partition coefficient (Wildman–Crippen LogP) is 4.94. The Morgan fingerprint density at radius 2 is 1.43 bits per heavy atom. The van der Waals surface area contributed by atoms with Crippen molar-refractivity contribution >= 4 is 16.5 Å². The number of aromatic hydroxyl groups is 4. The zero-order valence-corrected chi connectivity index (χ0v) is 17.0. The summed E-state index contributed by atoms with van der Waals surface area (Å²) in [5, 5.41) is 43.3. The Kier molecular flexibility index (Phi) is 7.25. The molecule has 3 aromatic carbocycles. The molecule has 0 aliphatic carbocycles. The molecule has 0 aromatic heterocycles. The Bertz CT molecular complexity index is 990. The fourth-order valence-corrected chi connectivity index (χ4v) is 3.65. The van der Waals surface area contributed by atoms with Crippen molar-refractivity contribution in [2.24, 2.45) is 5.73 Å². The van der Waals surface area contributed by atoms with Crippen LogP contribution in [0.25, 0.3) is 10.8 Å². The molecule has 0 saturated heterocycles. The Morgan fingerprint density at radius 1 is 0.733 bits per heavy atom. The van der Waals surface area contributed by atoms with Crippen LogP contribution in [0.15, 0.2) is 48.5 Å². The monoisotopic (exact) mass is 410 g/mol. The molecule has 6 heteroatoms. The van der Waals surface area contributed by atoms with Gasteiger partial charge in [-0.25, -0.2) is 0 Å². The van der Waals surface area contributed by atoms with Crippen molar-refractivity contribution in [3.8, 4) is 23.0 Å². The maximum Gasteiger partial charge on any atom is 0.158 e. The van der Waals surface area contributed by atoms with Crippen molar-refractivity contribution in [1.29, 1.82) is 0 Å². The number of phenols is 4. The van der Waals surface area contributed by atoms with Gasteiger partial charge in [-0.05, 0) is 60.5 Å². The lowest BCUT2D eigenvalue weighted by atomic mass is 10.0. The first-order valence-corrected chi connectivity index (χ1v) is 10.4. The van der Waals surface area contributed by atoms with Crippen LogP contribution in [0, 0.1) is 0 Å². The number of unbranched alkanes of at least 4 members (excludes halogenated alkanes) is 4. The van der Waals surface area contributed by atoms with Crippen LogP contribution >= 0.6 is 0 Å². The zero-order valence-electron chi connectivity index (χ0n) is 17.0. The minimum atomic E-state index is -0.188. The highest BCUT2D eigenvalue weighted by atomic mass is 16.3. The number of nitrogens with one attached hydrogen (secondary N) is 1. The zero-order chi connectivity index (χ0) is 21.5. The second-order valence-corrected chi connectivity index (χ2v) is 7.75. The predicted molar refractivity (Wildman–Crippen MR) is 120 cm³/mol. The van der Waals surface area contributed by atoms with Gasteiger partial charge < -0.3 is 31.5 Å². The molecule has 0 aliphatic rings. The van der Waals surface area contributed by atoms with Crippen molar-refractivity contribution in [1.82, 2.24) is 0 Å². The third-order valence-electron chi connectivity index (χ3n) is 5.34. The number of benzene rings is 3. The standard InChI is InChI=1S/C24H30N2O4/c25-24(26-19-9-6-8-17-14-22(29)23(30)15-18(17)19)10-5-3-1-2-4-7-16-11-12-20(27)21(28)13-16/h6,8-9,11-15,24,26-30H,1-5,7,10,25H2. The number of phenolic OH excluding ortho intramolecular Hbond substituents is 4. The summed E-state index contributed by atoms with van der Waals surface area (Å²) in [6, 6.07) is 13.8. The van der Waals surface area contributed by atoms with Gasteiger partial charge in [0.1, 0.15) is 0 Å². The molecule has 3 rings (SSSR count). The summed E-state index contributed by atoms with van der Waals surface area (Å²) in [7, 11) is 0. The second-order valence-electron chi connectivity index (χ2n) is 7.75. The van der Waals surface area contributed by atoms with Crippen LogP contribution in [-0.4, -0.2) is 26.6 Å². The van der Waals surface area contributed by atoms with E-state index >= 15 is 0 Å². The first-order valence-electron chi connectivity index (χ1n) is 10.4. The molecule has 7 N–H and O–H groups in total. The minimum Gasteiger partial charge on any atom is -0.504 e. The van der Waals surface area contributed by atoms with E-state index in [0.717, 1.165) is 67.0 Å². The lowest BCUT2D eigenvalue weighted by Crippen LogP contribution is -2.29. The van der Waals surface area contributed by atoms with Gasteiger partial charge in [0, 0.05) is 11.1 Å². The van der Waals surface area contributed by atoms with E-state index in [1.807, 2.05) is 24.3 Å². The van der Waals surface area contributed by atoms with E-state index in [1.54, 1.807) is 18.2 Å². The molecule has 6 nitrogen and oxygen atoms in total. The summed E-state index contributed by atoms with van der Waals surface area (Å²) in [6.07, 6.45) is 6.93. The maximum absolute atomic E-state index is 9.79. The van der Waals surface area contributed by atoms with Gasteiger partial charge in [-0.3, -0.25) is 0 Å². The number of anilines is 1. The van der Waals surface area contributed by atoms with Crippen LogP contribution < -0.4 is 11.1 Å². The maximum atomic E-state index is 9.79. The molecule has 0 amide bonds. The van der Waals surface area contributed by atoms with Crippen LogP contribution in [-0.2, 0) is 6.42 Å². The summed E-state index contributed by atoms with van der Waals surface area (Å²) >= 11 is 0. The number of aryl methyl sites for hydroxylation is 1. The summed E-state index contributed by atoms with van der Waals surface area (Å²) in [5.74, 6) is -0.423. The molecule has 0 radical (unpaired) electrons. The fourth-order valence-electron chi connectivity index (χ4n) is 3.65. The molecule has 160 valence electrons. The van der Waals surface area contributed by atoms with Crippen molar-refractivity contribution in [3.63, 3.8) is 0 Å². The van der Waals surface area contributed by atoms with Gasteiger partial charge in [0.15, 0.2) is 23.0 Å². The molecule has 0 bridgehead atoms. The molecule has 0 saturated carbocycles. The minimum absolute atomic E-state index is 0.0628. The summed E-state index contributed by atoms with van der Waals surface area (Å²) in [6.45, 7) is 0. The molecular weight excluding hydrogens is 380 g/mol. The van der Waals surface area contributed by atoms with E-state index in [4.69, 9.17) is 5.73 Å². The molecule has 0 aliphatic heterocycles. The molecule has 0 heterocycles. The highest BCUT2D eigenvalue weighted by Gasteiger charge is 2.09. The molecule has 1 unspecified atom stereocenters. The van der Waals surface area contributed by atoms with Gasteiger partial charge in [-0.2, -0.15) is 0 Å². The van der Waals surface area contributed by atoms with Gasteiger partial charge in [0.05, 0.1) is 6.17 Å². The lowest BCUT2D eigenvalue weighted by molar-refractivity contribution is 0.403.